The summed E-state index contributed by atoms with van der Waals surface area (Å²) in [5, 5.41) is 18.8. The van der Waals surface area contributed by atoms with E-state index in [4.69, 9.17) is 0 Å². The second-order valence-electron chi connectivity index (χ2n) is 4.93. The smallest absolute Gasteiger partial charge is 0.119 e. The summed E-state index contributed by atoms with van der Waals surface area (Å²) < 4.78 is 0.916. The summed E-state index contributed by atoms with van der Waals surface area (Å²) >= 11 is 0. The monoisotopic (exact) mass is 210 g/mol. The SMILES string of the molecule is C[N+](C)(C)CCCc1cc(O)ccc1O. The predicted octanol–water partition coefficient (Wildman–Crippen LogP) is 1.74. The number of hydrogen-bond acceptors (Lipinski definition) is 2. The maximum Gasteiger partial charge on any atom is 0.119 e. The molecule has 0 saturated heterocycles. The van der Waals surface area contributed by atoms with Crippen molar-refractivity contribution < 1.29 is 14.7 Å². The van der Waals surface area contributed by atoms with Crippen molar-refractivity contribution in [3.05, 3.63) is 23.8 Å². The fraction of sp³-hybridized carbons (Fsp3) is 0.500. The minimum atomic E-state index is 0.216. The summed E-state index contributed by atoms with van der Waals surface area (Å²) in [4.78, 5) is 0. The minimum absolute atomic E-state index is 0.216. The van der Waals surface area contributed by atoms with E-state index in [1.165, 1.54) is 12.1 Å². The number of nitrogens with zero attached hydrogens (tertiary/aromatic N) is 1. The van der Waals surface area contributed by atoms with E-state index in [2.05, 4.69) is 21.1 Å². The zero-order valence-corrected chi connectivity index (χ0v) is 9.70. The van der Waals surface area contributed by atoms with Crippen LogP contribution >= 0.6 is 0 Å². The molecule has 0 amide bonds. The molecule has 3 heteroatoms. The van der Waals surface area contributed by atoms with E-state index in [1.54, 1.807) is 6.07 Å². The Morgan fingerprint density at radius 2 is 1.80 bits per heavy atom. The number of aromatic hydroxyl groups is 2. The third-order valence-corrected chi connectivity index (χ3v) is 2.34. The molecule has 0 heterocycles. The van der Waals surface area contributed by atoms with E-state index in [1.807, 2.05) is 0 Å². The third-order valence-electron chi connectivity index (χ3n) is 2.34. The predicted molar refractivity (Wildman–Crippen MR) is 61.0 cm³/mol. The molecule has 0 saturated carbocycles. The topological polar surface area (TPSA) is 40.5 Å². The van der Waals surface area contributed by atoms with Gasteiger partial charge in [0.25, 0.3) is 0 Å². The Labute approximate surface area is 91.2 Å². The van der Waals surface area contributed by atoms with E-state index in [-0.39, 0.29) is 11.5 Å². The Morgan fingerprint density at radius 3 is 2.40 bits per heavy atom. The van der Waals surface area contributed by atoms with Gasteiger partial charge in [0.1, 0.15) is 11.5 Å². The molecule has 2 N–H and O–H groups in total. The molecular formula is C12H20NO2+. The summed E-state index contributed by atoms with van der Waals surface area (Å²) in [5.74, 6) is 0.488. The van der Waals surface area contributed by atoms with Gasteiger partial charge in [0, 0.05) is 6.42 Å². The molecule has 0 atom stereocenters. The molecule has 0 fully saturated rings. The fourth-order valence-corrected chi connectivity index (χ4v) is 1.52. The highest BCUT2D eigenvalue weighted by molar-refractivity contribution is 5.38. The van der Waals surface area contributed by atoms with Gasteiger partial charge in [-0.3, -0.25) is 0 Å². The van der Waals surface area contributed by atoms with E-state index >= 15 is 0 Å². The molecule has 84 valence electrons. The Morgan fingerprint density at radius 1 is 1.13 bits per heavy atom. The van der Waals surface area contributed by atoms with Crippen molar-refractivity contribution in [2.75, 3.05) is 27.7 Å². The summed E-state index contributed by atoms with van der Waals surface area (Å²) in [6.07, 6.45) is 1.80. The molecular weight excluding hydrogens is 190 g/mol. The lowest BCUT2D eigenvalue weighted by atomic mass is 10.1. The fourth-order valence-electron chi connectivity index (χ4n) is 1.52. The normalized spacial score (nSPS) is 11.7. The third kappa shape index (κ3) is 4.21. The highest BCUT2D eigenvalue weighted by atomic mass is 16.3. The van der Waals surface area contributed by atoms with Gasteiger partial charge < -0.3 is 14.7 Å². The van der Waals surface area contributed by atoms with Gasteiger partial charge in [-0.1, -0.05) is 0 Å². The summed E-state index contributed by atoms with van der Waals surface area (Å²) in [7, 11) is 6.42. The Balaban J connectivity index is 2.54. The molecule has 0 spiro atoms. The van der Waals surface area contributed by atoms with E-state index in [0.717, 1.165) is 29.4 Å². The highest BCUT2D eigenvalue weighted by Gasteiger charge is 2.08. The van der Waals surface area contributed by atoms with Gasteiger partial charge in [-0.15, -0.1) is 0 Å². The van der Waals surface area contributed by atoms with Crippen LogP contribution in [0.4, 0.5) is 0 Å². The van der Waals surface area contributed by atoms with Crippen LogP contribution in [0.25, 0.3) is 0 Å². The molecule has 0 aliphatic heterocycles. The van der Waals surface area contributed by atoms with Crippen LogP contribution < -0.4 is 0 Å². The van der Waals surface area contributed by atoms with Gasteiger partial charge in [-0.2, -0.15) is 0 Å². The molecule has 15 heavy (non-hydrogen) atoms. The summed E-state index contributed by atoms with van der Waals surface area (Å²) in [5.41, 5.74) is 0.823. The Kier molecular flexibility index (Phi) is 3.58. The van der Waals surface area contributed by atoms with Gasteiger partial charge in [-0.25, -0.2) is 0 Å². The molecule has 0 aliphatic carbocycles. The number of rotatable bonds is 4. The number of phenolic OH excluding ortho intramolecular Hbond substituents is 2. The number of benzene rings is 1. The maximum absolute atomic E-state index is 9.55. The molecule has 0 aliphatic rings. The Hall–Kier alpha value is -1.22. The highest BCUT2D eigenvalue weighted by Crippen LogP contribution is 2.23. The lowest BCUT2D eigenvalue weighted by molar-refractivity contribution is -0.870. The second-order valence-corrected chi connectivity index (χ2v) is 4.93. The first-order valence-corrected chi connectivity index (χ1v) is 5.20. The molecule has 1 aromatic carbocycles. The second kappa shape index (κ2) is 4.53. The van der Waals surface area contributed by atoms with Crippen molar-refractivity contribution >= 4 is 0 Å². The van der Waals surface area contributed by atoms with Crippen LogP contribution in [0.15, 0.2) is 18.2 Å². The van der Waals surface area contributed by atoms with Crippen LogP contribution in [-0.2, 0) is 6.42 Å². The molecule has 0 bridgehead atoms. The van der Waals surface area contributed by atoms with E-state index < -0.39 is 0 Å². The van der Waals surface area contributed by atoms with Crippen LogP contribution in [0.3, 0.4) is 0 Å². The average molecular weight is 210 g/mol. The number of aryl methyl sites for hydroxylation is 1. The number of quaternary nitrogens is 1. The molecule has 0 unspecified atom stereocenters. The molecule has 0 aromatic heterocycles. The minimum Gasteiger partial charge on any atom is -0.508 e. The number of hydrogen-bond donors (Lipinski definition) is 2. The van der Waals surface area contributed by atoms with Crippen LogP contribution in [0.1, 0.15) is 12.0 Å². The van der Waals surface area contributed by atoms with Gasteiger partial charge in [0.05, 0.1) is 27.7 Å². The van der Waals surface area contributed by atoms with Crippen molar-refractivity contribution in [1.82, 2.24) is 0 Å². The van der Waals surface area contributed by atoms with Crippen molar-refractivity contribution in [3.63, 3.8) is 0 Å². The van der Waals surface area contributed by atoms with Gasteiger partial charge in [0.15, 0.2) is 0 Å². The first-order valence-electron chi connectivity index (χ1n) is 5.20. The summed E-state index contributed by atoms with van der Waals surface area (Å²) in [6.45, 7) is 1.05. The first kappa shape index (κ1) is 11.9. The van der Waals surface area contributed by atoms with Crippen LogP contribution in [0.2, 0.25) is 0 Å². The van der Waals surface area contributed by atoms with Gasteiger partial charge in [-0.05, 0) is 30.2 Å². The van der Waals surface area contributed by atoms with Crippen LogP contribution in [-0.4, -0.2) is 42.4 Å². The van der Waals surface area contributed by atoms with Crippen molar-refractivity contribution in [2.45, 2.75) is 12.8 Å². The molecule has 1 rings (SSSR count). The largest absolute Gasteiger partial charge is 0.508 e. The standard InChI is InChI=1S/C12H19NO2/c1-13(2,3)8-4-5-10-9-11(14)6-7-12(10)15/h6-7,9H,4-5,8H2,1-3H3,(H-,14,15)/p+1. The quantitative estimate of drug-likeness (QED) is 0.587. The van der Waals surface area contributed by atoms with Gasteiger partial charge >= 0.3 is 0 Å². The zero-order valence-electron chi connectivity index (χ0n) is 9.70. The average Bonchev–Trinajstić information content (AvgIpc) is 2.09. The van der Waals surface area contributed by atoms with Crippen molar-refractivity contribution in [1.29, 1.82) is 0 Å². The molecule has 1 aromatic rings. The molecule has 3 nitrogen and oxygen atoms in total. The lowest BCUT2D eigenvalue weighted by Crippen LogP contribution is -2.35. The maximum atomic E-state index is 9.55. The first-order chi connectivity index (χ1) is 6.88. The van der Waals surface area contributed by atoms with Crippen LogP contribution in [0, 0.1) is 0 Å². The van der Waals surface area contributed by atoms with E-state index in [0.29, 0.717) is 0 Å². The van der Waals surface area contributed by atoms with Gasteiger partial charge in [0.2, 0.25) is 0 Å². The van der Waals surface area contributed by atoms with Crippen LogP contribution in [0.5, 0.6) is 11.5 Å². The Bertz CT molecular complexity index is 329. The molecule has 0 radical (unpaired) electrons. The lowest BCUT2D eigenvalue weighted by Gasteiger charge is -2.23. The van der Waals surface area contributed by atoms with Crippen molar-refractivity contribution in [3.8, 4) is 11.5 Å². The van der Waals surface area contributed by atoms with E-state index in [9.17, 15) is 10.2 Å². The number of phenols is 2. The zero-order chi connectivity index (χ0) is 11.5. The summed E-state index contributed by atoms with van der Waals surface area (Å²) in [6, 6.07) is 4.67. The van der Waals surface area contributed by atoms with Crippen molar-refractivity contribution in [2.24, 2.45) is 0 Å².